The maximum absolute atomic E-state index is 12.2. The zero-order valence-corrected chi connectivity index (χ0v) is 11.6. The molecule has 1 rings (SSSR count). The molecule has 0 aliphatic carbocycles. The second kappa shape index (κ2) is 7.18. The molecule has 8 nitrogen and oxygen atoms in total. The van der Waals surface area contributed by atoms with E-state index in [4.69, 9.17) is 14.2 Å². The normalized spacial score (nSPS) is 11.3. The minimum absolute atomic E-state index is 0.00493. The average Bonchev–Trinajstić information content (AvgIpc) is 2.31. The topological polar surface area (TPSA) is 111 Å². The summed E-state index contributed by atoms with van der Waals surface area (Å²) >= 11 is 0. The Balaban J connectivity index is 2.75. The molecule has 0 aromatic carbocycles. The Bertz CT molecular complexity index is 455. The maximum Gasteiger partial charge on any atom is 0.410 e. The van der Waals surface area contributed by atoms with Gasteiger partial charge in [-0.3, -0.25) is 14.9 Å². The van der Waals surface area contributed by atoms with Crippen LogP contribution in [0.15, 0.2) is 12.4 Å². The van der Waals surface area contributed by atoms with Crippen molar-refractivity contribution < 1.29 is 23.5 Å². The number of carbonyl (C=O) groups is 1. The fourth-order valence-corrected chi connectivity index (χ4v) is 2.93. The van der Waals surface area contributed by atoms with Crippen LogP contribution in [0.5, 0.6) is 0 Å². The molecular formula is C10H16N3O5P. The number of aromatic nitrogens is 2. The number of carboxylic acid groups (broad SMARTS) is 1. The molecule has 0 atom stereocenters. The summed E-state index contributed by atoms with van der Waals surface area (Å²) in [5.41, 5.74) is 0.404. The Morgan fingerprint density at radius 1 is 1.32 bits per heavy atom. The van der Waals surface area contributed by atoms with E-state index in [1.165, 1.54) is 12.4 Å². The summed E-state index contributed by atoms with van der Waals surface area (Å²) in [4.78, 5) is 18.2. The Morgan fingerprint density at radius 3 is 2.37 bits per heavy atom. The number of amides is 1. The molecule has 1 heterocycles. The van der Waals surface area contributed by atoms with Gasteiger partial charge in [-0.25, -0.2) is 9.78 Å². The number of nitrogens with one attached hydrogen (secondary N) is 1. The standard InChI is InChI=1S/C10H16N3O5P/c1-3-17-19(16,18-4-2)7-8-5-12-9(6-11-8)13-10(14)15/h5-6H,3-4,7H2,1-2H3,(H,12,13)(H,14,15). The molecule has 0 bridgehead atoms. The fraction of sp³-hybridized carbons (Fsp3) is 0.500. The summed E-state index contributed by atoms with van der Waals surface area (Å²) in [6.45, 7) is 3.97. The molecule has 0 saturated carbocycles. The van der Waals surface area contributed by atoms with Crippen molar-refractivity contribution in [2.45, 2.75) is 20.0 Å². The number of hydrogen-bond donors (Lipinski definition) is 2. The van der Waals surface area contributed by atoms with Crippen molar-refractivity contribution in [3.05, 3.63) is 18.1 Å². The third kappa shape index (κ3) is 5.34. The highest BCUT2D eigenvalue weighted by Gasteiger charge is 2.24. The van der Waals surface area contributed by atoms with E-state index in [9.17, 15) is 9.36 Å². The van der Waals surface area contributed by atoms with E-state index in [2.05, 4.69) is 15.3 Å². The van der Waals surface area contributed by atoms with Crippen molar-refractivity contribution in [1.82, 2.24) is 9.97 Å². The van der Waals surface area contributed by atoms with E-state index < -0.39 is 13.7 Å². The molecule has 1 amide bonds. The largest absolute Gasteiger partial charge is 0.465 e. The molecular weight excluding hydrogens is 273 g/mol. The summed E-state index contributed by atoms with van der Waals surface area (Å²) in [5.74, 6) is 0.0962. The van der Waals surface area contributed by atoms with Crippen LogP contribution in [0.4, 0.5) is 10.6 Å². The van der Waals surface area contributed by atoms with Crippen LogP contribution in [0.25, 0.3) is 0 Å². The van der Waals surface area contributed by atoms with Crippen molar-refractivity contribution in [2.75, 3.05) is 18.5 Å². The first-order valence-electron chi connectivity index (χ1n) is 5.68. The van der Waals surface area contributed by atoms with E-state index in [1.807, 2.05) is 0 Å². The third-order valence-electron chi connectivity index (χ3n) is 1.95. The molecule has 0 fully saturated rings. The van der Waals surface area contributed by atoms with E-state index >= 15 is 0 Å². The van der Waals surface area contributed by atoms with Crippen LogP contribution < -0.4 is 5.32 Å². The number of anilines is 1. The van der Waals surface area contributed by atoms with Crippen LogP contribution in [-0.4, -0.2) is 34.4 Å². The first-order chi connectivity index (χ1) is 8.99. The average molecular weight is 289 g/mol. The van der Waals surface area contributed by atoms with Gasteiger partial charge in [0.05, 0.1) is 37.5 Å². The molecule has 0 aliphatic heterocycles. The summed E-state index contributed by atoms with van der Waals surface area (Å²) in [7, 11) is -3.22. The van der Waals surface area contributed by atoms with E-state index in [0.717, 1.165) is 0 Å². The highest BCUT2D eigenvalue weighted by molar-refractivity contribution is 7.53. The van der Waals surface area contributed by atoms with Gasteiger partial charge in [-0.15, -0.1) is 0 Å². The molecule has 106 valence electrons. The second-order valence-electron chi connectivity index (χ2n) is 3.43. The highest BCUT2D eigenvalue weighted by Crippen LogP contribution is 2.50. The minimum atomic E-state index is -3.22. The van der Waals surface area contributed by atoms with Gasteiger partial charge in [-0.1, -0.05) is 0 Å². The molecule has 0 spiro atoms. The third-order valence-corrected chi connectivity index (χ3v) is 3.96. The molecule has 2 N–H and O–H groups in total. The molecule has 1 aromatic rings. The maximum atomic E-state index is 12.2. The van der Waals surface area contributed by atoms with Gasteiger partial charge < -0.3 is 14.2 Å². The lowest BCUT2D eigenvalue weighted by Crippen LogP contribution is -2.09. The van der Waals surface area contributed by atoms with Crippen LogP contribution in [0.2, 0.25) is 0 Å². The first kappa shape index (κ1) is 15.6. The zero-order chi connectivity index (χ0) is 14.3. The summed E-state index contributed by atoms with van der Waals surface area (Å²) in [5, 5.41) is 10.6. The van der Waals surface area contributed by atoms with E-state index in [1.54, 1.807) is 13.8 Å². The van der Waals surface area contributed by atoms with Crippen LogP contribution >= 0.6 is 7.60 Å². The lowest BCUT2D eigenvalue weighted by Gasteiger charge is -2.16. The molecule has 19 heavy (non-hydrogen) atoms. The number of nitrogens with zero attached hydrogens (tertiary/aromatic N) is 2. The Morgan fingerprint density at radius 2 is 1.95 bits per heavy atom. The van der Waals surface area contributed by atoms with Crippen molar-refractivity contribution in [3.63, 3.8) is 0 Å². The first-order valence-corrected chi connectivity index (χ1v) is 7.41. The van der Waals surface area contributed by atoms with Gasteiger partial charge in [0.25, 0.3) is 0 Å². The lowest BCUT2D eigenvalue weighted by molar-refractivity contribution is 0.209. The van der Waals surface area contributed by atoms with Gasteiger partial charge in [0.2, 0.25) is 0 Å². The van der Waals surface area contributed by atoms with Gasteiger partial charge in [-0.05, 0) is 13.8 Å². The predicted molar refractivity (Wildman–Crippen MR) is 68.2 cm³/mol. The molecule has 1 aromatic heterocycles. The monoisotopic (exact) mass is 289 g/mol. The SMILES string of the molecule is CCOP(=O)(Cc1cnc(NC(=O)O)cn1)OCC. The fourth-order valence-electron chi connectivity index (χ4n) is 1.33. The summed E-state index contributed by atoms with van der Waals surface area (Å²) in [6, 6.07) is 0. The van der Waals surface area contributed by atoms with Crippen molar-refractivity contribution >= 4 is 19.5 Å². The van der Waals surface area contributed by atoms with Crippen LogP contribution in [0, 0.1) is 0 Å². The van der Waals surface area contributed by atoms with Crippen LogP contribution in [0.1, 0.15) is 19.5 Å². The van der Waals surface area contributed by atoms with Gasteiger partial charge in [0, 0.05) is 0 Å². The second-order valence-corrected chi connectivity index (χ2v) is 5.48. The van der Waals surface area contributed by atoms with Gasteiger partial charge in [0.1, 0.15) is 0 Å². The lowest BCUT2D eigenvalue weighted by atomic mass is 10.5. The van der Waals surface area contributed by atoms with Gasteiger partial charge in [0.15, 0.2) is 5.82 Å². The zero-order valence-electron chi connectivity index (χ0n) is 10.7. The Kier molecular flexibility index (Phi) is 5.88. The summed E-state index contributed by atoms with van der Waals surface area (Å²) in [6.07, 6.45) is 1.34. The molecule has 0 radical (unpaired) electrons. The van der Waals surface area contributed by atoms with Crippen LogP contribution in [-0.2, 0) is 19.8 Å². The van der Waals surface area contributed by atoms with E-state index in [-0.39, 0.29) is 25.2 Å². The molecule has 0 unspecified atom stereocenters. The molecule has 0 saturated heterocycles. The quantitative estimate of drug-likeness (QED) is 0.741. The van der Waals surface area contributed by atoms with Crippen molar-refractivity contribution in [2.24, 2.45) is 0 Å². The minimum Gasteiger partial charge on any atom is -0.465 e. The molecule has 0 aliphatic rings. The predicted octanol–water partition coefficient (Wildman–Crippen LogP) is 2.33. The smallest absolute Gasteiger partial charge is 0.410 e. The summed E-state index contributed by atoms with van der Waals surface area (Å²) < 4.78 is 22.5. The van der Waals surface area contributed by atoms with Gasteiger partial charge >= 0.3 is 13.7 Å². The Hall–Kier alpha value is -1.50. The van der Waals surface area contributed by atoms with Crippen molar-refractivity contribution in [1.29, 1.82) is 0 Å². The number of hydrogen-bond acceptors (Lipinski definition) is 6. The van der Waals surface area contributed by atoms with Crippen molar-refractivity contribution in [3.8, 4) is 0 Å². The van der Waals surface area contributed by atoms with Gasteiger partial charge in [-0.2, -0.15) is 0 Å². The Labute approximate surface area is 110 Å². The van der Waals surface area contributed by atoms with E-state index in [0.29, 0.717) is 5.69 Å². The molecule has 9 heteroatoms. The number of rotatable bonds is 7. The highest BCUT2D eigenvalue weighted by atomic mass is 31.2. The van der Waals surface area contributed by atoms with Crippen LogP contribution in [0.3, 0.4) is 0 Å².